The third-order valence-corrected chi connectivity index (χ3v) is 8.01. The van der Waals surface area contributed by atoms with Crippen molar-refractivity contribution in [2.45, 2.75) is 11.8 Å². The molecule has 1 aliphatic heterocycles. The van der Waals surface area contributed by atoms with E-state index in [1.807, 2.05) is 18.2 Å². The van der Waals surface area contributed by atoms with Crippen LogP contribution in [0.3, 0.4) is 0 Å². The number of carbonyl (C=O) groups excluding carboxylic acids is 1. The average molecular weight is 496 g/mol. The number of amides is 1. The van der Waals surface area contributed by atoms with Crippen molar-refractivity contribution in [2.24, 2.45) is 0 Å². The first-order valence-electron chi connectivity index (χ1n) is 10.5. The van der Waals surface area contributed by atoms with Crippen molar-refractivity contribution in [3.8, 4) is 0 Å². The van der Waals surface area contributed by atoms with Gasteiger partial charge in [-0.15, -0.1) is 0 Å². The van der Waals surface area contributed by atoms with Crippen molar-refractivity contribution in [3.63, 3.8) is 0 Å². The summed E-state index contributed by atoms with van der Waals surface area (Å²) in [4.78, 5) is 16.7. The van der Waals surface area contributed by atoms with Crippen LogP contribution in [0.25, 0.3) is 6.08 Å². The Morgan fingerprint density at radius 1 is 1.06 bits per heavy atom. The molecule has 1 heterocycles. The van der Waals surface area contributed by atoms with E-state index in [2.05, 4.69) is 29.2 Å². The highest BCUT2D eigenvalue weighted by atomic mass is 35.5. The van der Waals surface area contributed by atoms with Gasteiger partial charge >= 0.3 is 0 Å². The maximum absolute atomic E-state index is 13.0. The SMILES string of the molecule is CCN(CC(=O)N1CCN(C/C=C/c2ccccc2)CC1)S(=O)(=O)c1cc(Cl)ccc1Cl. The molecule has 0 radical (unpaired) electrons. The van der Waals surface area contributed by atoms with Crippen LogP contribution in [-0.2, 0) is 14.8 Å². The molecule has 0 aliphatic carbocycles. The lowest BCUT2D eigenvalue weighted by Crippen LogP contribution is -2.51. The lowest BCUT2D eigenvalue weighted by Gasteiger charge is -2.35. The van der Waals surface area contributed by atoms with Crippen molar-refractivity contribution in [1.29, 1.82) is 0 Å². The van der Waals surface area contributed by atoms with Crippen molar-refractivity contribution in [2.75, 3.05) is 45.8 Å². The lowest BCUT2D eigenvalue weighted by atomic mass is 10.2. The molecule has 0 unspecified atom stereocenters. The van der Waals surface area contributed by atoms with Gasteiger partial charge in [-0.25, -0.2) is 8.42 Å². The molecule has 0 aromatic heterocycles. The van der Waals surface area contributed by atoms with E-state index in [0.29, 0.717) is 13.1 Å². The average Bonchev–Trinajstić information content (AvgIpc) is 2.80. The molecular weight excluding hydrogens is 469 g/mol. The molecule has 1 saturated heterocycles. The Morgan fingerprint density at radius 3 is 2.41 bits per heavy atom. The first kappa shape index (κ1) is 24.7. The Labute approximate surface area is 200 Å². The zero-order chi connectivity index (χ0) is 23.1. The highest BCUT2D eigenvalue weighted by Crippen LogP contribution is 2.27. The highest BCUT2D eigenvalue weighted by Gasteiger charge is 2.30. The fourth-order valence-corrected chi connectivity index (χ4v) is 5.65. The molecular formula is C23H27Cl2N3O3S. The predicted molar refractivity (Wildman–Crippen MR) is 129 cm³/mol. The number of halogens is 2. The third kappa shape index (κ3) is 6.33. The number of hydrogen-bond donors (Lipinski definition) is 0. The van der Waals surface area contributed by atoms with Crippen LogP contribution in [-0.4, -0.2) is 74.2 Å². The minimum Gasteiger partial charge on any atom is -0.339 e. The Balaban J connectivity index is 1.55. The van der Waals surface area contributed by atoms with Gasteiger partial charge in [-0.3, -0.25) is 9.69 Å². The van der Waals surface area contributed by atoms with Crippen LogP contribution in [0, 0.1) is 0 Å². The van der Waals surface area contributed by atoms with Gasteiger partial charge in [0.1, 0.15) is 4.90 Å². The molecule has 32 heavy (non-hydrogen) atoms. The first-order chi connectivity index (χ1) is 15.3. The summed E-state index contributed by atoms with van der Waals surface area (Å²) in [5.74, 6) is -0.215. The summed E-state index contributed by atoms with van der Waals surface area (Å²) in [5.41, 5.74) is 1.15. The van der Waals surface area contributed by atoms with Crippen LogP contribution in [0.5, 0.6) is 0 Å². The fourth-order valence-electron chi connectivity index (χ4n) is 3.51. The Hall–Kier alpha value is -1.90. The molecule has 2 aromatic carbocycles. The van der Waals surface area contributed by atoms with Crippen molar-refractivity contribution in [1.82, 2.24) is 14.1 Å². The summed E-state index contributed by atoms with van der Waals surface area (Å²) in [6, 6.07) is 14.4. The molecule has 1 aliphatic rings. The highest BCUT2D eigenvalue weighted by molar-refractivity contribution is 7.89. The molecule has 172 valence electrons. The second kappa shape index (κ2) is 11.3. The minimum absolute atomic E-state index is 0.0810. The molecule has 9 heteroatoms. The Morgan fingerprint density at radius 2 is 1.75 bits per heavy atom. The van der Waals surface area contributed by atoms with E-state index in [1.54, 1.807) is 11.8 Å². The van der Waals surface area contributed by atoms with Gasteiger partial charge in [-0.1, -0.05) is 72.6 Å². The van der Waals surface area contributed by atoms with Crippen molar-refractivity contribution >= 4 is 45.2 Å². The standard InChI is InChI=1S/C23H27Cl2N3O3S/c1-2-28(32(30,31)22-17-20(24)10-11-21(22)25)18-23(29)27-15-13-26(14-16-27)12-6-9-19-7-4-3-5-8-19/h3-11,17H,2,12-16,18H2,1H3/b9-6+. The monoisotopic (exact) mass is 495 g/mol. The zero-order valence-electron chi connectivity index (χ0n) is 18.0. The summed E-state index contributed by atoms with van der Waals surface area (Å²) in [6.45, 7) is 5.03. The van der Waals surface area contributed by atoms with Gasteiger partial charge in [-0.2, -0.15) is 4.31 Å². The Bertz CT molecular complexity index is 1050. The van der Waals surface area contributed by atoms with Crippen LogP contribution in [0.4, 0.5) is 0 Å². The first-order valence-corrected chi connectivity index (χ1v) is 12.7. The number of likely N-dealkylation sites (N-methyl/N-ethyl adjacent to an activating group) is 1. The maximum atomic E-state index is 13.0. The van der Waals surface area contributed by atoms with Gasteiger partial charge in [0.2, 0.25) is 15.9 Å². The van der Waals surface area contributed by atoms with E-state index in [4.69, 9.17) is 23.2 Å². The van der Waals surface area contributed by atoms with Gasteiger partial charge in [0, 0.05) is 44.3 Å². The lowest BCUT2D eigenvalue weighted by molar-refractivity contribution is -0.133. The van der Waals surface area contributed by atoms with Gasteiger partial charge in [0.25, 0.3) is 0 Å². The van der Waals surface area contributed by atoms with Crippen LogP contribution >= 0.6 is 23.2 Å². The van der Waals surface area contributed by atoms with Gasteiger partial charge < -0.3 is 4.90 Å². The summed E-state index contributed by atoms with van der Waals surface area (Å²) in [7, 11) is -3.94. The molecule has 0 bridgehead atoms. The maximum Gasteiger partial charge on any atom is 0.245 e. The molecule has 0 saturated carbocycles. The minimum atomic E-state index is -3.94. The van der Waals surface area contributed by atoms with Crippen molar-refractivity contribution < 1.29 is 13.2 Å². The summed E-state index contributed by atoms with van der Waals surface area (Å²) >= 11 is 12.0. The largest absolute Gasteiger partial charge is 0.339 e. The zero-order valence-corrected chi connectivity index (χ0v) is 20.3. The number of piperazine rings is 1. The van der Waals surface area contributed by atoms with Gasteiger partial charge in [-0.05, 0) is 23.8 Å². The fraction of sp³-hybridized carbons (Fsp3) is 0.348. The van der Waals surface area contributed by atoms with E-state index in [1.165, 1.54) is 18.2 Å². The quantitative estimate of drug-likeness (QED) is 0.557. The van der Waals surface area contributed by atoms with Crippen LogP contribution in [0.2, 0.25) is 10.0 Å². The van der Waals surface area contributed by atoms with E-state index in [-0.39, 0.29) is 33.9 Å². The Kier molecular flexibility index (Phi) is 8.73. The van der Waals surface area contributed by atoms with E-state index < -0.39 is 10.0 Å². The molecule has 0 N–H and O–H groups in total. The number of carbonyl (C=O) groups is 1. The number of sulfonamides is 1. The van der Waals surface area contributed by atoms with Gasteiger partial charge in [0.15, 0.2) is 0 Å². The van der Waals surface area contributed by atoms with E-state index in [0.717, 1.165) is 29.5 Å². The molecule has 1 amide bonds. The molecule has 2 aromatic rings. The van der Waals surface area contributed by atoms with E-state index >= 15 is 0 Å². The number of benzene rings is 2. The van der Waals surface area contributed by atoms with Crippen LogP contribution in [0.15, 0.2) is 59.5 Å². The number of hydrogen-bond acceptors (Lipinski definition) is 4. The van der Waals surface area contributed by atoms with Crippen LogP contribution < -0.4 is 0 Å². The van der Waals surface area contributed by atoms with Crippen LogP contribution in [0.1, 0.15) is 12.5 Å². The summed E-state index contributed by atoms with van der Waals surface area (Å²) in [5, 5.41) is 0.352. The topological polar surface area (TPSA) is 60.9 Å². The summed E-state index contributed by atoms with van der Waals surface area (Å²) < 4.78 is 27.2. The normalized spacial score (nSPS) is 15.6. The van der Waals surface area contributed by atoms with Gasteiger partial charge in [0.05, 0.1) is 11.6 Å². The van der Waals surface area contributed by atoms with E-state index in [9.17, 15) is 13.2 Å². The summed E-state index contributed by atoms with van der Waals surface area (Å²) in [6.07, 6.45) is 4.20. The number of nitrogens with zero attached hydrogens (tertiary/aromatic N) is 3. The second-order valence-electron chi connectivity index (χ2n) is 7.50. The third-order valence-electron chi connectivity index (χ3n) is 5.37. The smallest absolute Gasteiger partial charge is 0.245 e. The predicted octanol–water partition coefficient (Wildman–Crippen LogP) is 3.86. The molecule has 6 nitrogen and oxygen atoms in total. The molecule has 1 fully saturated rings. The molecule has 0 spiro atoms. The second-order valence-corrected chi connectivity index (χ2v) is 10.3. The molecule has 3 rings (SSSR count). The molecule has 0 atom stereocenters. The van der Waals surface area contributed by atoms with Crippen molar-refractivity contribution in [3.05, 3.63) is 70.2 Å². The number of rotatable bonds is 8.